The fourth-order valence-electron chi connectivity index (χ4n) is 4.90. The van der Waals surface area contributed by atoms with Crippen molar-refractivity contribution in [3.63, 3.8) is 0 Å². The van der Waals surface area contributed by atoms with E-state index in [1.54, 1.807) is 0 Å². The van der Waals surface area contributed by atoms with Crippen molar-refractivity contribution in [3.05, 3.63) is 47.2 Å². The number of nitrogen functional groups attached to an aromatic ring is 1. The van der Waals surface area contributed by atoms with E-state index in [-0.39, 0.29) is 0 Å². The van der Waals surface area contributed by atoms with Gasteiger partial charge in [-0.15, -0.1) is 0 Å². The van der Waals surface area contributed by atoms with Crippen LogP contribution in [0, 0.1) is 5.92 Å². The number of piperidine rings is 1. The van der Waals surface area contributed by atoms with Gasteiger partial charge >= 0.3 is 0 Å². The van der Waals surface area contributed by atoms with Crippen molar-refractivity contribution in [2.45, 2.75) is 37.6 Å². The lowest BCUT2D eigenvalue weighted by molar-refractivity contribution is 0.228. The summed E-state index contributed by atoms with van der Waals surface area (Å²) in [5.41, 5.74) is 9.99. The minimum absolute atomic E-state index is 0.346. The monoisotopic (exact) mass is 335 g/mol. The highest BCUT2D eigenvalue weighted by Gasteiger charge is 2.42. The number of benzene rings is 1. The second-order valence-electron chi connectivity index (χ2n) is 7.60. The van der Waals surface area contributed by atoms with Gasteiger partial charge in [0.1, 0.15) is 5.82 Å². The molecule has 3 atom stereocenters. The van der Waals surface area contributed by atoms with E-state index >= 15 is 0 Å². The summed E-state index contributed by atoms with van der Waals surface area (Å²) in [5, 5.41) is 3.51. The fourth-order valence-corrected chi connectivity index (χ4v) is 4.90. The van der Waals surface area contributed by atoms with Gasteiger partial charge in [-0.25, -0.2) is 4.98 Å². The first-order valence-electron chi connectivity index (χ1n) is 9.50. The Morgan fingerprint density at radius 3 is 2.84 bits per heavy atom. The molecule has 2 fully saturated rings. The first-order chi connectivity index (χ1) is 12.3. The molecule has 3 aliphatic rings. The summed E-state index contributed by atoms with van der Waals surface area (Å²) in [4.78, 5) is 11.9. The molecule has 25 heavy (non-hydrogen) atoms. The molecule has 1 aromatic carbocycles. The predicted octanol–water partition coefficient (Wildman–Crippen LogP) is 2.33. The van der Waals surface area contributed by atoms with Crippen LogP contribution in [0.1, 0.15) is 42.0 Å². The van der Waals surface area contributed by atoms with Gasteiger partial charge in [-0.05, 0) is 37.8 Å². The SMILES string of the molecule is Nc1nc2c(c(N3CC4CNCCC43)n1)CCCC2c1ccccc1. The summed E-state index contributed by atoms with van der Waals surface area (Å²) in [6, 6.07) is 11.4. The van der Waals surface area contributed by atoms with Crippen molar-refractivity contribution in [1.29, 1.82) is 0 Å². The Hall–Kier alpha value is -2.14. The van der Waals surface area contributed by atoms with E-state index in [9.17, 15) is 0 Å². The molecule has 2 aliphatic heterocycles. The van der Waals surface area contributed by atoms with Crippen LogP contribution in [-0.4, -0.2) is 35.6 Å². The van der Waals surface area contributed by atoms with Crippen LogP contribution in [0.2, 0.25) is 0 Å². The van der Waals surface area contributed by atoms with Crippen LogP contribution in [0.25, 0.3) is 0 Å². The topological polar surface area (TPSA) is 67.1 Å². The zero-order valence-electron chi connectivity index (χ0n) is 14.5. The normalized spacial score (nSPS) is 28.0. The Morgan fingerprint density at radius 1 is 1.12 bits per heavy atom. The van der Waals surface area contributed by atoms with Gasteiger partial charge in [-0.2, -0.15) is 4.98 Å². The van der Waals surface area contributed by atoms with Crippen molar-refractivity contribution in [2.24, 2.45) is 5.92 Å². The van der Waals surface area contributed by atoms with Gasteiger partial charge in [0.05, 0.1) is 5.69 Å². The van der Waals surface area contributed by atoms with Crippen LogP contribution in [0.4, 0.5) is 11.8 Å². The molecule has 0 spiro atoms. The van der Waals surface area contributed by atoms with Crippen LogP contribution in [0.15, 0.2) is 30.3 Å². The summed E-state index contributed by atoms with van der Waals surface area (Å²) in [6.45, 7) is 3.33. The molecule has 1 aliphatic carbocycles. The summed E-state index contributed by atoms with van der Waals surface area (Å²) in [5.74, 6) is 2.65. The van der Waals surface area contributed by atoms with Crippen molar-refractivity contribution in [3.8, 4) is 0 Å². The Kier molecular flexibility index (Phi) is 3.63. The van der Waals surface area contributed by atoms with Crippen LogP contribution >= 0.6 is 0 Å². The Labute approximate surface area is 148 Å². The Balaban J connectivity index is 1.55. The number of hydrogen-bond donors (Lipinski definition) is 2. The molecule has 3 unspecified atom stereocenters. The van der Waals surface area contributed by atoms with E-state index in [0.29, 0.717) is 17.9 Å². The predicted molar refractivity (Wildman–Crippen MR) is 99.8 cm³/mol. The molecule has 0 radical (unpaired) electrons. The number of nitrogens with zero attached hydrogens (tertiary/aromatic N) is 3. The first kappa shape index (κ1) is 15.1. The third-order valence-corrected chi connectivity index (χ3v) is 6.16. The Bertz CT molecular complexity index is 775. The highest BCUT2D eigenvalue weighted by molar-refractivity contribution is 5.57. The number of rotatable bonds is 2. The number of hydrogen-bond acceptors (Lipinski definition) is 5. The van der Waals surface area contributed by atoms with Gasteiger partial charge in [0.15, 0.2) is 0 Å². The first-order valence-corrected chi connectivity index (χ1v) is 9.50. The van der Waals surface area contributed by atoms with E-state index in [1.165, 1.54) is 24.0 Å². The lowest BCUT2D eigenvalue weighted by Crippen LogP contribution is -2.63. The molecule has 5 heteroatoms. The molecule has 2 saturated heterocycles. The van der Waals surface area contributed by atoms with Gasteiger partial charge in [-0.3, -0.25) is 0 Å². The minimum atomic E-state index is 0.346. The zero-order chi connectivity index (χ0) is 16.8. The number of nitrogens with two attached hydrogens (primary N) is 1. The van der Waals surface area contributed by atoms with E-state index in [2.05, 4.69) is 40.5 Å². The largest absolute Gasteiger partial charge is 0.368 e. The maximum Gasteiger partial charge on any atom is 0.222 e. The number of fused-ring (bicyclic) bond motifs is 2. The third kappa shape index (κ3) is 2.49. The molecule has 0 saturated carbocycles. The average molecular weight is 335 g/mol. The molecule has 3 N–H and O–H groups in total. The molecular weight excluding hydrogens is 310 g/mol. The molecule has 0 bridgehead atoms. The number of aromatic nitrogens is 2. The molecule has 5 rings (SSSR count). The fraction of sp³-hybridized carbons (Fsp3) is 0.500. The van der Waals surface area contributed by atoms with Gasteiger partial charge in [0.25, 0.3) is 0 Å². The zero-order valence-corrected chi connectivity index (χ0v) is 14.5. The summed E-state index contributed by atoms with van der Waals surface area (Å²) in [6.07, 6.45) is 4.60. The van der Waals surface area contributed by atoms with Crippen LogP contribution in [0.5, 0.6) is 0 Å². The molecule has 2 aromatic rings. The Morgan fingerprint density at radius 2 is 2.00 bits per heavy atom. The standard InChI is InChI=1S/C20H25N5/c21-20-23-18-15(13-5-2-1-3-6-13)7-4-8-16(18)19(24-20)25-12-14-11-22-10-9-17(14)25/h1-3,5-6,14-15,17,22H,4,7-12H2,(H2,21,23,24). The second kappa shape index (κ2) is 5.99. The smallest absolute Gasteiger partial charge is 0.222 e. The highest BCUT2D eigenvalue weighted by atomic mass is 15.3. The van der Waals surface area contributed by atoms with Gasteiger partial charge < -0.3 is 16.0 Å². The molecule has 0 amide bonds. The van der Waals surface area contributed by atoms with Gasteiger partial charge in [0, 0.05) is 36.5 Å². The molecule has 3 heterocycles. The molecule has 5 nitrogen and oxygen atoms in total. The summed E-state index contributed by atoms with van der Waals surface area (Å²) < 4.78 is 0. The van der Waals surface area contributed by atoms with E-state index < -0.39 is 0 Å². The van der Waals surface area contributed by atoms with Crippen LogP contribution in [-0.2, 0) is 6.42 Å². The lowest BCUT2D eigenvalue weighted by Gasteiger charge is -2.52. The quantitative estimate of drug-likeness (QED) is 0.882. The van der Waals surface area contributed by atoms with Gasteiger partial charge in [0.2, 0.25) is 5.95 Å². The lowest BCUT2D eigenvalue weighted by atomic mass is 9.80. The van der Waals surface area contributed by atoms with Gasteiger partial charge in [-0.1, -0.05) is 30.3 Å². The van der Waals surface area contributed by atoms with Crippen LogP contribution < -0.4 is 16.0 Å². The van der Waals surface area contributed by atoms with Crippen molar-refractivity contribution >= 4 is 11.8 Å². The maximum atomic E-state index is 6.15. The third-order valence-electron chi connectivity index (χ3n) is 6.16. The van der Waals surface area contributed by atoms with Crippen LogP contribution in [0.3, 0.4) is 0 Å². The average Bonchev–Trinajstić information content (AvgIpc) is 2.63. The number of anilines is 2. The van der Waals surface area contributed by atoms with Crippen molar-refractivity contribution in [2.75, 3.05) is 30.3 Å². The maximum absolute atomic E-state index is 6.15. The molecular formula is C20H25N5. The molecule has 130 valence electrons. The molecule has 1 aromatic heterocycles. The summed E-state index contributed by atoms with van der Waals surface area (Å²) in [7, 11) is 0. The minimum Gasteiger partial charge on any atom is -0.368 e. The summed E-state index contributed by atoms with van der Waals surface area (Å²) >= 11 is 0. The van der Waals surface area contributed by atoms with E-state index in [0.717, 1.165) is 49.9 Å². The number of nitrogens with one attached hydrogen (secondary N) is 1. The van der Waals surface area contributed by atoms with E-state index in [4.69, 9.17) is 15.7 Å². The van der Waals surface area contributed by atoms with E-state index in [1.807, 2.05) is 0 Å². The van der Waals surface area contributed by atoms with Crippen molar-refractivity contribution in [1.82, 2.24) is 15.3 Å². The highest BCUT2D eigenvalue weighted by Crippen LogP contribution is 2.42. The second-order valence-corrected chi connectivity index (χ2v) is 7.60. The van der Waals surface area contributed by atoms with Crippen molar-refractivity contribution < 1.29 is 0 Å².